The lowest BCUT2D eigenvalue weighted by Crippen LogP contribution is -2.38. The quantitative estimate of drug-likeness (QED) is 0.458. The van der Waals surface area contributed by atoms with Crippen molar-refractivity contribution in [3.8, 4) is 11.3 Å². The number of nitro groups is 1. The van der Waals surface area contributed by atoms with Crippen molar-refractivity contribution in [2.24, 2.45) is 0 Å². The lowest BCUT2D eigenvalue weighted by Gasteiger charge is -2.26. The number of anilines is 1. The van der Waals surface area contributed by atoms with Crippen LogP contribution in [0.1, 0.15) is 32.7 Å². The van der Waals surface area contributed by atoms with Crippen LogP contribution in [0.3, 0.4) is 0 Å². The second kappa shape index (κ2) is 7.12. The average molecular weight is 445 g/mol. The number of hydrogen-bond acceptors (Lipinski definition) is 7. The Balaban J connectivity index is 1.43. The van der Waals surface area contributed by atoms with Gasteiger partial charge in [-0.1, -0.05) is 11.6 Å². The number of thiophene rings is 1. The highest BCUT2D eigenvalue weighted by Gasteiger charge is 2.34. The van der Waals surface area contributed by atoms with Crippen LogP contribution < -0.4 is 10.6 Å². The molecule has 0 aliphatic carbocycles. The van der Waals surface area contributed by atoms with Gasteiger partial charge in [-0.2, -0.15) is 0 Å². The summed E-state index contributed by atoms with van der Waals surface area (Å²) in [6.07, 6.45) is 0.356. The summed E-state index contributed by atoms with van der Waals surface area (Å²) in [5.41, 5.74) is 2.33. The first kappa shape index (κ1) is 19.1. The Bertz CT molecular complexity index is 1190. The Morgan fingerprint density at radius 1 is 1.30 bits per heavy atom. The van der Waals surface area contributed by atoms with E-state index >= 15 is 0 Å². The van der Waals surface area contributed by atoms with Gasteiger partial charge in [0, 0.05) is 35.7 Å². The van der Waals surface area contributed by atoms with E-state index in [1.165, 1.54) is 17.0 Å². The predicted molar refractivity (Wildman–Crippen MR) is 114 cm³/mol. The van der Waals surface area contributed by atoms with Crippen LogP contribution in [0.25, 0.3) is 11.3 Å². The van der Waals surface area contributed by atoms with Gasteiger partial charge in [0.2, 0.25) is 0 Å². The number of carbonyl (C=O) groups is 1. The topological polar surface area (TPSA) is 101 Å². The third-order valence-electron chi connectivity index (χ3n) is 5.37. The van der Waals surface area contributed by atoms with Gasteiger partial charge in [0.05, 0.1) is 15.5 Å². The van der Waals surface area contributed by atoms with Gasteiger partial charge in [0.25, 0.3) is 11.6 Å². The summed E-state index contributed by atoms with van der Waals surface area (Å²) in [7, 11) is 2.08. The third-order valence-corrected chi connectivity index (χ3v) is 6.83. The van der Waals surface area contributed by atoms with Gasteiger partial charge in [-0.15, -0.1) is 11.3 Å². The van der Waals surface area contributed by atoms with Crippen LogP contribution >= 0.6 is 22.9 Å². The number of fused-ring (bicyclic) bond motifs is 3. The molecule has 0 fully saturated rings. The number of benzene rings is 1. The first-order valence-corrected chi connectivity index (χ1v) is 10.5. The van der Waals surface area contributed by atoms with Gasteiger partial charge >= 0.3 is 0 Å². The Labute approximate surface area is 180 Å². The van der Waals surface area contributed by atoms with E-state index in [1.807, 2.05) is 0 Å². The highest BCUT2D eigenvalue weighted by Crippen LogP contribution is 2.41. The molecule has 0 spiro atoms. The molecule has 2 aromatic heterocycles. The molecule has 0 radical (unpaired) electrons. The van der Waals surface area contributed by atoms with E-state index < -0.39 is 11.1 Å². The maximum absolute atomic E-state index is 12.8. The number of rotatable bonds is 3. The molecule has 10 heteroatoms. The fraction of sp³-hybridized carbons (Fsp3) is 0.250. The van der Waals surface area contributed by atoms with Crippen LogP contribution in [-0.2, 0) is 13.0 Å². The third kappa shape index (κ3) is 3.15. The second-order valence-corrected chi connectivity index (χ2v) is 8.88. The van der Waals surface area contributed by atoms with Crippen LogP contribution in [0.15, 0.2) is 34.7 Å². The summed E-state index contributed by atoms with van der Waals surface area (Å²) >= 11 is 7.82. The molecule has 3 aromatic rings. The van der Waals surface area contributed by atoms with E-state index in [1.54, 1.807) is 29.5 Å². The second-order valence-electron chi connectivity index (χ2n) is 7.37. The molecule has 0 bridgehead atoms. The van der Waals surface area contributed by atoms with Crippen molar-refractivity contribution in [1.29, 1.82) is 0 Å². The summed E-state index contributed by atoms with van der Waals surface area (Å²) in [4.78, 5) is 26.7. The van der Waals surface area contributed by atoms with Crippen LogP contribution in [0.5, 0.6) is 0 Å². The minimum atomic E-state index is -0.506. The number of non-ortho nitro benzene ring substituents is 1. The maximum atomic E-state index is 12.8. The van der Waals surface area contributed by atoms with E-state index in [2.05, 4.69) is 22.6 Å². The van der Waals surface area contributed by atoms with E-state index in [4.69, 9.17) is 16.0 Å². The van der Waals surface area contributed by atoms with Gasteiger partial charge in [0.15, 0.2) is 6.17 Å². The highest BCUT2D eigenvalue weighted by molar-refractivity contribution is 7.16. The van der Waals surface area contributed by atoms with Crippen molar-refractivity contribution in [3.63, 3.8) is 0 Å². The predicted octanol–water partition coefficient (Wildman–Crippen LogP) is 4.41. The normalized spacial score (nSPS) is 18.3. The number of carbonyl (C=O) groups excluding carboxylic acids is 1. The van der Waals surface area contributed by atoms with E-state index in [9.17, 15) is 14.9 Å². The molecule has 1 atom stereocenters. The highest BCUT2D eigenvalue weighted by atomic mass is 35.5. The number of nitrogens with zero attached hydrogens (tertiary/aromatic N) is 2. The first-order valence-electron chi connectivity index (χ1n) is 9.35. The number of amides is 1. The average Bonchev–Trinajstić information content (AvgIpc) is 3.32. The summed E-state index contributed by atoms with van der Waals surface area (Å²) in [6, 6.07) is 7.72. The van der Waals surface area contributed by atoms with E-state index in [-0.39, 0.29) is 16.6 Å². The lowest BCUT2D eigenvalue weighted by atomic mass is 10.0. The van der Waals surface area contributed by atoms with Crippen LogP contribution in [0, 0.1) is 10.1 Å². The van der Waals surface area contributed by atoms with Gasteiger partial charge in [-0.3, -0.25) is 14.9 Å². The monoisotopic (exact) mass is 444 g/mol. The van der Waals surface area contributed by atoms with Crippen molar-refractivity contribution in [1.82, 2.24) is 10.2 Å². The minimum Gasteiger partial charge on any atom is -0.457 e. The molecule has 1 amide bonds. The summed E-state index contributed by atoms with van der Waals surface area (Å²) in [5.74, 6) is 0.892. The molecule has 30 heavy (non-hydrogen) atoms. The maximum Gasteiger partial charge on any atom is 0.270 e. The van der Waals surface area contributed by atoms with Crippen molar-refractivity contribution >= 4 is 39.5 Å². The SMILES string of the molecule is CN1CCc2c(sc3c2C(=O)N[C@H](c2ccc(-c4ccc([N+](=O)[O-])cc4Cl)o2)N3)C1. The Kier molecular flexibility index (Phi) is 4.53. The Morgan fingerprint density at radius 2 is 2.13 bits per heavy atom. The van der Waals surface area contributed by atoms with E-state index in [0.29, 0.717) is 17.1 Å². The smallest absolute Gasteiger partial charge is 0.270 e. The van der Waals surface area contributed by atoms with Crippen LogP contribution in [-0.4, -0.2) is 29.3 Å². The molecule has 1 aromatic carbocycles. The fourth-order valence-corrected chi connectivity index (χ4v) is 5.48. The molecular weight excluding hydrogens is 428 g/mol. The molecule has 2 aliphatic heterocycles. The first-order chi connectivity index (χ1) is 14.4. The Morgan fingerprint density at radius 3 is 2.90 bits per heavy atom. The summed E-state index contributed by atoms with van der Waals surface area (Å²) in [6.45, 7) is 1.78. The molecule has 154 valence electrons. The van der Waals surface area contributed by atoms with Crippen LogP contribution in [0.2, 0.25) is 5.02 Å². The molecule has 2 aliphatic rings. The largest absolute Gasteiger partial charge is 0.457 e. The fourth-order valence-electron chi connectivity index (χ4n) is 3.86. The standard InChI is InChI=1S/C20H17ClN4O4S/c1-24-7-6-12-16(9-24)30-20-17(12)19(26)22-18(23-20)15-5-4-14(29-15)11-3-2-10(25(27)28)8-13(11)21/h2-5,8,18,23H,6-7,9H2,1H3,(H,22,26)/t18-/m0/s1. The minimum absolute atomic E-state index is 0.0865. The van der Waals surface area contributed by atoms with Gasteiger partial charge in [-0.05, 0) is 37.2 Å². The zero-order chi connectivity index (χ0) is 21.0. The summed E-state index contributed by atoms with van der Waals surface area (Å²) < 4.78 is 5.94. The van der Waals surface area contributed by atoms with Crippen LogP contribution in [0.4, 0.5) is 10.7 Å². The number of nitro benzene ring substituents is 1. The molecule has 0 saturated heterocycles. The number of halogens is 1. The molecule has 4 heterocycles. The molecule has 2 N–H and O–H groups in total. The van der Waals surface area contributed by atoms with Crippen molar-refractivity contribution in [3.05, 3.63) is 67.2 Å². The molecule has 0 saturated carbocycles. The van der Waals surface area contributed by atoms with E-state index in [0.717, 1.165) is 35.6 Å². The lowest BCUT2D eigenvalue weighted by molar-refractivity contribution is -0.384. The van der Waals surface area contributed by atoms with Crippen molar-refractivity contribution in [2.45, 2.75) is 19.1 Å². The number of nitrogens with one attached hydrogen (secondary N) is 2. The molecule has 5 rings (SSSR count). The van der Waals surface area contributed by atoms with Gasteiger partial charge in [-0.25, -0.2) is 0 Å². The molecule has 0 unspecified atom stereocenters. The Hall–Kier alpha value is -2.88. The van der Waals surface area contributed by atoms with Crippen molar-refractivity contribution in [2.75, 3.05) is 18.9 Å². The van der Waals surface area contributed by atoms with Gasteiger partial charge in [0.1, 0.15) is 16.5 Å². The number of likely N-dealkylation sites (N-methyl/N-ethyl adjacent to an activating group) is 1. The number of furan rings is 1. The molecule has 8 nitrogen and oxygen atoms in total. The number of hydrogen-bond donors (Lipinski definition) is 2. The van der Waals surface area contributed by atoms with Crippen molar-refractivity contribution < 1.29 is 14.1 Å². The molecular formula is C20H17ClN4O4S. The zero-order valence-electron chi connectivity index (χ0n) is 15.9. The zero-order valence-corrected chi connectivity index (χ0v) is 17.5. The summed E-state index contributed by atoms with van der Waals surface area (Å²) in [5, 5.41) is 18.3. The van der Waals surface area contributed by atoms with Gasteiger partial charge < -0.3 is 20.0 Å².